The van der Waals surface area contributed by atoms with Crippen molar-refractivity contribution in [2.75, 3.05) is 0 Å². The summed E-state index contributed by atoms with van der Waals surface area (Å²) in [5.41, 5.74) is 3.45. The normalized spacial score (nSPS) is 16.4. The average molecular weight is 565 g/mol. The highest BCUT2D eigenvalue weighted by Gasteiger charge is 2.21. The minimum Gasteiger partial charge on any atom is -0.346 e. The van der Waals surface area contributed by atoms with Crippen molar-refractivity contribution < 1.29 is 9.59 Å². The maximum absolute atomic E-state index is 13.2. The van der Waals surface area contributed by atoms with Crippen molar-refractivity contribution in [2.24, 2.45) is 0 Å². The van der Waals surface area contributed by atoms with Gasteiger partial charge in [-0.15, -0.1) is 0 Å². The SMILES string of the molecule is C[C@@H](NC(=O)c1cccc(C(=O)N[C@H](C)C2=C(Pc3ccccc3)C=CC2)c1)C1=C(Pc2ccccc2)C=CC1. The third kappa shape index (κ3) is 6.94. The highest BCUT2D eigenvalue weighted by Crippen LogP contribution is 2.36. The van der Waals surface area contributed by atoms with Crippen LogP contribution in [-0.2, 0) is 0 Å². The molecule has 2 N–H and O–H groups in total. The molecule has 0 bridgehead atoms. The van der Waals surface area contributed by atoms with Crippen molar-refractivity contribution in [3.63, 3.8) is 0 Å². The summed E-state index contributed by atoms with van der Waals surface area (Å²) in [7, 11) is 1.12. The fourth-order valence-corrected chi connectivity index (χ4v) is 7.70. The summed E-state index contributed by atoms with van der Waals surface area (Å²) in [5.74, 6) is -0.350. The largest absolute Gasteiger partial charge is 0.346 e. The van der Waals surface area contributed by atoms with E-state index in [0.29, 0.717) is 28.3 Å². The van der Waals surface area contributed by atoms with Crippen LogP contribution in [0.25, 0.3) is 0 Å². The number of hydrogen-bond acceptors (Lipinski definition) is 2. The molecular weight excluding hydrogens is 530 g/mol. The van der Waals surface area contributed by atoms with Crippen molar-refractivity contribution in [3.8, 4) is 0 Å². The molecule has 3 aromatic rings. The molecule has 0 radical (unpaired) electrons. The molecule has 2 aliphatic rings. The van der Waals surface area contributed by atoms with Crippen molar-refractivity contribution >= 4 is 39.6 Å². The average Bonchev–Trinajstić information content (AvgIpc) is 3.64. The van der Waals surface area contributed by atoms with Gasteiger partial charge in [-0.3, -0.25) is 9.59 Å². The first-order valence-corrected chi connectivity index (χ1v) is 15.6. The van der Waals surface area contributed by atoms with E-state index in [9.17, 15) is 9.59 Å². The van der Waals surface area contributed by atoms with Gasteiger partial charge < -0.3 is 10.6 Å². The predicted molar refractivity (Wildman–Crippen MR) is 171 cm³/mol. The van der Waals surface area contributed by atoms with E-state index >= 15 is 0 Å². The standard InChI is InChI=1S/C34H34N2O2P2/c1-23(29-18-10-20-31(29)39-27-14-5-3-6-15-27)35-33(37)25-12-9-13-26(22-25)34(38)36-24(2)30-19-11-21-32(30)40-28-16-7-4-8-17-28/h3-17,20-24,39-40H,18-19H2,1-2H3,(H,35,37)(H,36,38)/t23-,24-/m1/s1. The lowest BCUT2D eigenvalue weighted by atomic mass is 10.0. The molecule has 2 aliphatic carbocycles. The van der Waals surface area contributed by atoms with Gasteiger partial charge in [0.15, 0.2) is 0 Å². The third-order valence-electron chi connectivity index (χ3n) is 7.17. The first-order chi connectivity index (χ1) is 19.5. The van der Waals surface area contributed by atoms with Gasteiger partial charge >= 0.3 is 0 Å². The van der Waals surface area contributed by atoms with Crippen molar-refractivity contribution in [1.29, 1.82) is 0 Å². The van der Waals surface area contributed by atoms with Crippen LogP contribution in [0.1, 0.15) is 47.4 Å². The van der Waals surface area contributed by atoms with E-state index in [-0.39, 0.29) is 23.9 Å². The number of allylic oxidation sites excluding steroid dienone is 6. The summed E-state index contributed by atoms with van der Waals surface area (Å²) in [6.45, 7) is 4.07. The van der Waals surface area contributed by atoms with Gasteiger partial charge in [0.05, 0.1) is 0 Å². The Morgan fingerprint density at radius 1 is 0.625 bits per heavy atom. The van der Waals surface area contributed by atoms with Crippen LogP contribution < -0.4 is 21.2 Å². The summed E-state index contributed by atoms with van der Waals surface area (Å²) in [5, 5.41) is 11.4. The minimum absolute atomic E-state index is 0.100. The Morgan fingerprint density at radius 2 is 1.05 bits per heavy atom. The van der Waals surface area contributed by atoms with E-state index < -0.39 is 0 Å². The zero-order chi connectivity index (χ0) is 27.9. The summed E-state index contributed by atoms with van der Waals surface area (Å²) in [4.78, 5) is 26.4. The van der Waals surface area contributed by atoms with Crippen LogP contribution in [0.4, 0.5) is 0 Å². The Hall–Kier alpha value is -3.58. The van der Waals surface area contributed by atoms with E-state index in [1.807, 2.05) is 26.0 Å². The minimum atomic E-state index is -0.175. The Bertz CT molecular complexity index is 1400. The summed E-state index contributed by atoms with van der Waals surface area (Å²) >= 11 is 0. The molecule has 202 valence electrons. The van der Waals surface area contributed by atoms with Crippen LogP contribution in [0.2, 0.25) is 0 Å². The number of benzene rings is 3. The Morgan fingerprint density at radius 3 is 1.48 bits per heavy atom. The van der Waals surface area contributed by atoms with Gasteiger partial charge in [0.25, 0.3) is 11.8 Å². The maximum Gasteiger partial charge on any atom is 0.251 e. The Kier molecular flexibility index (Phi) is 9.22. The molecule has 0 spiro atoms. The van der Waals surface area contributed by atoms with E-state index in [1.54, 1.807) is 24.3 Å². The molecule has 0 fully saturated rings. The quantitative estimate of drug-likeness (QED) is 0.282. The molecule has 40 heavy (non-hydrogen) atoms. The maximum atomic E-state index is 13.2. The van der Waals surface area contributed by atoms with Crippen molar-refractivity contribution in [3.05, 3.63) is 142 Å². The molecule has 0 saturated carbocycles. The number of amides is 2. The first kappa shape index (κ1) is 28.0. The lowest BCUT2D eigenvalue weighted by Crippen LogP contribution is -2.35. The fourth-order valence-electron chi connectivity index (χ4n) is 5.00. The molecular formula is C34H34N2O2P2. The first-order valence-electron chi connectivity index (χ1n) is 13.6. The zero-order valence-electron chi connectivity index (χ0n) is 22.8. The van der Waals surface area contributed by atoms with Crippen LogP contribution in [0, 0.1) is 0 Å². The third-order valence-corrected chi connectivity index (χ3v) is 9.93. The summed E-state index contributed by atoms with van der Waals surface area (Å²) in [6, 6.07) is 27.6. The molecule has 4 nitrogen and oxygen atoms in total. The smallest absolute Gasteiger partial charge is 0.251 e. The van der Waals surface area contributed by atoms with Gasteiger partial charge in [0.2, 0.25) is 0 Å². The van der Waals surface area contributed by atoms with Crippen LogP contribution >= 0.6 is 17.2 Å². The number of rotatable bonds is 10. The predicted octanol–water partition coefficient (Wildman–Crippen LogP) is 6.36. The van der Waals surface area contributed by atoms with Crippen LogP contribution in [0.3, 0.4) is 0 Å². The highest BCUT2D eigenvalue weighted by atomic mass is 31.1. The van der Waals surface area contributed by atoms with Crippen LogP contribution in [0.5, 0.6) is 0 Å². The van der Waals surface area contributed by atoms with Crippen LogP contribution in [0.15, 0.2) is 131 Å². The van der Waals surface area contributed by atoms with Gasteiger partial charge in [0.1, 0.15) is 0 Å². The second kappa shape index (κ2) is 13.2. The second-order valence-electron chi connectivity index (χ2n) is 10.0. The number of hydrogen-bond donors (Lipinski definition) is 2. The van der Waals surface area contributed by atoms with Gasteiger partial charge in [-0.25, -0.2) is 0 Å². The molecule has 2 amide bonds. The van der Waals surface area contributed by atoms with E-state index in [0.717, 1.165) is 12.8 Å². The molecule has 4 atom stereocenters. The Balaban J connectivity index is 1.23. The van der Waals surface area contributed by atoms with E-state index in [1.165, 1.54) is 32.4 Å². The molecule has 6 heteroatoms. The molecule has 0 aromatic heterocycles. The van der Waals surface area contributed by atoms with Gasteiger partial charge in [0, 0.05) is 23.2 Å². The molecule has 3 aromatic carbocycles. The van der Waals surface area contributed by atoms with Crippen LogP contribution in [-0.4, -0.2) is 23.9 Å². The monoisotopic (exact) mass is 564 g/mol. The second-order valence-corrected chi connectivity index (χ2v) is 12.8. The molecule has 0 aliphatic heterocycles. The fraction of sp³-hybridized carbons (Fsp3) is 0.176. The van der Waals surface area contributed by atoms with Gasteiger partial charge in [-0.2, -0.15) is 0 Å². The number of nitrogens with one attached hydrogen (secondary N) is 2. The number of carbonyl (C=O) groups is 2. The molecule has 2 unspecified atom stereocenters. The Labute approximate surface area is 240 Å². The van der Waals surface area contributed by atoms with Crippen molar-refractivity contribution in [1.82, 2.24) is 10.6 Å². The highest BCUT2D eigenvalue weighted by molar-refractivity contribution is 7.52. The lowest BCUT2D eigenvalue weighted by molar-refractivity contribution is 0.0944. The van der Waals surface area contributed by atoms with Crippen molar-refractivity contribution in [2.45, 2.75) is 38.8 Å². The molecule has 5 rings (SSSR count). The number of carbonyl (C=O) groups excluding carboxylic acids is 2. The zero-order valence-corrected chi connectivity index (χ0v) is 24.8. The van der Waals surface area contributed by atoms with E-state index in [2.05, 4.69) is 83.5 Å². The topological polar surface area (TPSA) is 58.2 Å². The van der Waals surface area contributed by atoms with E-state index in [4.69, 9.17) is 0 Å². The summed E-state index contributed by atoms with van der Waals surface area (Å²) in [6.07, 6.45) is 10.4. The van der Waals surface area contributed by atoms with Gasteiger partial charge in [-0.1, -0.05) is 108 Å². The molecule has 0 heterocycles. The summed E-state index contributed by atoms with van der Waals surface area (Å²) < 4.78 is 0. The molecule has 0 saturated heterocycles. The van der Waals surface area contributed by atoms with Gasteiger partial charge in [-0.05, 0) is 77.3 Å². The lowest BCUT2D eigenvalue weighted by Gasteiger charge is -2.19.